The van der Waals surface area contributed by atoms with Crippen molar-refractivity contribution in [3.63, 3.8) is 0 Å². The van der Waals surface area contributed by atoms with Crippen molar-refractivity contribution in [2.75, 3.05) is 32.0 Å². The monoisotopic (exact) mass is 446 g/mol. The molecule has 168 valence electrons. The lowest BCUT2D eigenvalue weighted by Crippen LogP contribution is -2.34. The number of aromatic amines is 1. The molecule has 6 rings (SSSR count). The molecule has 0 amide bonds. The van der Waals surface area contributed by atoms with E-state index in [2.05, 4.69) is 37.5 Å². The molecule has 1 atom stereocenters. The van der Waals surface area contributed by atoms with Gasteiger partial charge in [0.15, 0.2) is 17.3 Å². The van der Waals surface area contributed by atoms with E-state index in [9.17, 15) is 4.79 Å². The Hall–Kier alpha value is -3.92. The van der Waals surface area contributed by atoms with Crippen molar-refractivity contribution >= 4 is 16.6 Å². The average molecular weight is 446 g/mol. The van der Waals surface area contributed by atoms with Gasteiger partial charge in [0, 0.05) is 36.4 Å². The molecule has 2 aliphatic heterocycles. The molecule has 0 fully saturated rings. The highest BCUT2D eigenvalue weighted by Gasteiger charge is 2.34. The van der Waals surface area contributed by atoms with Gasteiger partial charge in [0.1, 0.15) is 6.04 Å². The molecule has 0 saturated heterocycles. The van der Waals surface area contributed by atoms with Crippen LogP contribution in [0.5, 0.6) is 11.5 Å². The van der Waals surface area contributed by atoms with E-state index in [0.29, 0.717) is 41.6 Å². The number of ether oxygens (including phenoxy) is 3. The van der Waals surface area contributed by atoms with Crippen molar-refractivity contribution in [2.45, 2.75) is 19.0 Å². The lowest BCUT2D eigenvalue weighted by atomic mass is 10.0. The third-order valence-electron chi connectivity index (χ3n) is 6.21. The molecule has 2 aliphatic rings. The molecule has 2 aromatic carbocycles. The van der Waals surface area contributed by atoms with Crippen LogP contribution in [-0.4, -0.2) is 52.2 Å². The number of tetrazole rings is 1. The number of hydrogen-bond donors (Lipinski definition) is 1. The van der Waals surface area contributed by atoms with Gasteiger partial charge in [-0.3, -0.25) is 4.79 Å². The van der Waals surface area contributed by atoms with Gasteiger partial charge in [-0.2, -0.15) is 0 Å². The summed E-state index contributed by atoms with van der Waals surface area (Å²) in [4.78, 5) is 18.6. The summed E-state index contributed by atoms with van der Waals surface area (Å²) in [6.45, 7) is 1.86. The van der Waals surface area contributed by atoms with Crippen LogP contribution < -0.4 is 19.9 Å². The first-order valence-electron chi connectivity index (χ1n) is 10.8. The third-order valence-corrected chi connectivity index (χ3v) is 6.21. The molecule has 1 N–H and O–H groups in total. The van der Waals surface area contributed by atoms with Gasteiger partial charge in [0.05, 0.1) is 18.7 Å². The SMILES string of the molecule is COCCn1nnnc1C(c1cc2cc3c(cc2[nH]c1=O)OCO3)N1CCc2ccccc21. The minimum atomic E-state index is -0.473. The highest BCUT2D eigenvalue weighted by Crippen LogP contribution is 2.39. The van der Waals surface area contributed by atoms with Crippen molar-refractivity contribution in [3.8, 4) is 11.5 Å². The van der Waals surface area contributed by atoms with Crippen molar-refractivity contribution in [2.24, 2.45) is 0 Å². The number of nitrogens with one attached hydrogen (secondary N) is 1. The van der Waals surface area contributed by atoms with Gasteiger partial charge in [-0.05, 0) is 40.6 Å². The fourth-order valence-corrected chi connectivity index (χ4v) is 4.64. The Morgan fingerprint density at radius 2 is 2.03 bits per heavy atom. The second kappa shape index (κ2) is 7.89. The number of rotatable bonds is 6. The van der Waals surface area contributed by atoms with Crippen LogP contribution in [-0.2, 0) is 17.7 Å². The quantitative estimate of drug-likeness (QED) is 0.480. The topological polar surface area (TPSA) is 107 Å². The van der Waals surface area contributed by atoms with E-state index in [1.165, 1.54) is 5.56 Å². The summed E-state index contributed by atoms with van der Waals surface area (Å²) in [5, 5.41) is 13.3. The number of benzene rings is 2. The average Bonchev–Trinajstić information content (AvgIpc) is 3.57. The predicted molar refractivity (Wildman–Crippen MR) is 120 cm³/mol. The van der Waals surface area contributed by atoms with Gasteiger partial charge in [0.25, 0.3) is 5.56 Å². The first-order valence-corrected chi connectivity index (χ1v) is 10.8. The van der Waals surface area contributed by atoms with E-state index >= 15 is 0 Å². The molecule has 33 heavy (non-hydrogen) atoms. The van der Waals surface area contributed by atoms with E-state index in [4.69, 9.17) is 14.2 Å². The standard InChI is InChI=1S/C23H22N6O4/c1-31-9-8-29-22(25-26-27-29)21(28-7-6-14-4-2-3-5-18(14)28)16-10-15-11-19-20(33-13-32-19)12-17(15)24-23(16)30/h2-5,10-12,21H,6-9,13H2,1H3,(H,24,30). The number of nitrogens with zero attached hydrogens (tertiary/aromatic N) is 5. The van der Waals surface area contributed by atoms with Crippen molar-refractivity contribution in [1.29, 1.82) is 0 Å². The van der Waals surface area contributed by atoms with Crippen LogP contribution in [0.15, 0.2) is 47.3 Å². The van der Waals surface area contributed by atoms with Crippen LogP contribution in [0.2, 0.25) is 0 Å². The maximum absolute atomic E-state index is 13.4. The zero-order chi connectivity index (χ0) is 22.4. The highest BCUT2D eigenvalue weighted by molar-refractivity contribution is 5.83. The number of fused-ring (bicyclic) bond motifs is 3. The van der Waals surface area contributed by atoms with Crippen molar-refractivity contribution in [3.05, 3.63) is 69.8 Å². The second-order valence-electron chi connectivity index (χ2n) is 8.07. The molecule has 0 saturated carbocycles. The maximum Gasteiger partial charge on any atom is 0.254 e. The van der Waals surface area contributed by atoms with Gasteiger partial charge in [-0.15, -0.1) is 5.10 Å². The van der Waals surface area contributed by atoms with Gasteiger partial charge >= 0.3 is 0 Å². The Balaban J connectivity index is 1.53. The van der Waals surface area contributed by atoms with Gasteiger partial charge in [0.2, 0.25) is 6.79 Å². The molecule has 4 heterocycles. The van der Waals surface area contributed by atoms with E-state index in [1.807, 2.05) is 24.3 Å². The number of aromatic nitrogens is 5. The second-order valence-corrected chi connectivity index (χ2v) is 8.07. The first kappa shape index (κ1) is 19.7. The summed E-state index contributed by atoms with van der Waals surface area (Å²) in [6.07, 6.45) is 0.885. The number of H-pyrrole nitrogens is 1. The van der Waals surface area contributed by atoms with Gasteiger partial charge in [-0.1, -0.05) is 18.2 Å². The van der Waals surface area contributed by atoms with Crippen molar-refractivity contribution < 1.29 is 14.2 Å². The number of para-hydroxylation sites is 1. The number of pyridine rings is 1. The van der Waals surface area contributed by atoms with Crippen LogP contribution in [0.4, 0.5) is 5.69 Å². The Kier molecular flexibility index (Phi) is 4.72. The van der Waals surface area contributed by atoms with Crippen LogP contribution in [0.1, 0.15) is 23.0 Å². The fourth-order valence-electron chi connectivity index (χ4n) is 4.64. The first-order chi connectivity index (χ1) is 16.2. The van der Waals surface area contributed by atoms with Crippen LogP contribution in [0, 0.1) is 0 Å². The van der Waals surface area contributed by atoms with E-state index in [-0.39, 0.29) is 12.4 Å². The molecular weight excluding hydrogens is 424 g/mol. The lowest BCUT2D eigenvalue weighted by Gasteiger charge is -2.29. The van der Waals surface area contributed by atoms with E-state index in [0.717, 1.165) is 24.0 Å². The summed E-state index contributed by atoms with van der Waals surface area (Å²) >= 11 is 0. The lowest BCUT2D eigenvalue weighted by molar-refractivity contribution is 0.174. The Bertz CT molecular complexity index is 1400. The molecular formula is C23H22N6O4. The molecule has 10 nitrogen and oxygen atoms in total. The zero-order valence-corrected chi connectivity index (χ0v) is 18.0. The van der Waals surface area contributed by atoms with E-state index < -0.39 is 6.04 Å². The minimum Gasteiger partial charge on any atom is -0.454 e. The Morgan fingerprint density at radius 1 is 1.18 bits per heavy atom. The molecule has 4 aromatic rings. The molecule has 0 aliphatic carbocycles. The molecule has 1 unspecified atom stereocenters. The molecule has 2 aromatic heterocycles. The van der Waals surface area contributed by atoms with E-state index in [1.54, 1.807) is 17.9 Å². The Morgan fingerprint density at radius 3 is 2.91 bits per heavy atom. The third kappa shape index (κ3) is 3.30. The zero-order valence-electron chi connectivity index (χ0n) is 18.0. The minimum absolute atomic E-state index is 0.171. The number of methoxy groups -OCH3 is 1. The smallest absolute Gasteiger partial charge is 0.254 e. The summed E-state index contributed by atoms with van der Waals surface area (Å²) in [5.41, 5.74) is 3.36. The molecule has 10 heteroatoms. The number of anilines is 1. The molecule has 0 spiro atoms. The summed E-state index contributed by atoms with van der Waals surface area (Å²) < 4.78 is 18.0. The predicted octanol–water partition coefficient (Wildman–Crippen LogP) is 2.04. The summed E-state index contributed by atoms with van der Waals surface area (Å²) in [5.74, 6) is 1.88. The van der Waals surface area contributed by atoms with Gasteiger partial charge in [-0.25, -0.2) is 4.68 Å². The summed E-state index contributed by atoms with van der Waals surface area (Å²) in [7, 11) is 1.64. The number of hydrogen-bond acceptors (Lipinski definition) is 8. The van der Waals surface area contributed by atoms with Crippen LogP contribution in [0.3, 0.4) is 0 Å². The largest absolute Gasteiger partial charge is 0.454 e. The normalized spacial score (nSPS) is 15.2. The fraction of sp³-hybridized carbons (Fsp3) is 0.304. The van der Waals surface area contributed by atoms with Gasteiger partial charge < -0.3 is 24.1 Å². The molecule has 0 bridgehead atoms. The van der Waals surface area contributed by atoms with Crippen LogP contribution in [0.25, 0.3) is 10.9 Å². The maximum atomic E-state index is 13.4. The molecule has 0 radical (unpaired) electrons. The van der Waals surface area contributed by atoms with Crippen molar-refractivity contribution in [1.82, 2.24) is 25.2 Å². The van der Waals surface area contributed by atoms with Crippen LogP contribution >= 0.6 is 0 Å². The highest BCUT2D eigenvalue weighted by atomic mass is 16.7. The summed E-state index contributed by atoms with van der Waals surface area (Å²) in [6, 6.07) is 13.3. The Labute approximate surface area is 188 Å².